The molecule has 0 aliphatic carbocycles. The molecule has 0 radical (unpaired) electrons. The summed E-state index contributed by atoms with van der Waals surface area (Å²) in [6.45, 7) is 1.89. The third-order valence-corrected chi connectivity index (χ3v) is 5.38. The van der Waals surface area contributed by atoms with E-state index in [1.54, 1.807) is 7.11 Å². The Kier molecular flexibility index (Phi) is 6.84. The van der Waals surface area contributed by atoms with Gasteiger partial charge >= 0.3 is 0 Å². The molecule has 8 heteroatoms. The topological polar surface area (TPSA) is 95.5 Å². The van der Waals surface area contributed by atoms with Crippen molar-refractivity contribution in [3.05, 3.63) is 65.7 Å². The van der Waals surface area contributed by atoms with Gasteiger partial charge in [-0.05, 0) is 17.7 Å². The molecule has 2 heterocycles. The zero-order chi connectivity index (χ0) is 21.8. The third-order valence-electron chi connectivity index (χ3n) is 5.38. The van der Waals surface area contributed by atoms with Gasteiger partial charge in [0.05, 0.1) is 20.3 Å². The molecule has 2 aromatic rings. The van der Waals surface area contributed by atoms with Crippen LogP contribution in [0.3, 0.4) is 0 Å². The first-order valence-corrected chi connectivity index (χ1v) is 10.2. The van der Waals surface area contributed by atoms with E-state index in [0.717, 1.165) is 16.9 Å². The van der Waals surface area contributed by atoms with Crippen LogP contribution in [0.2, 0.25) is 0 Å². The van der Waals surface area contributed by atoms with E-state index in [-0.39, 0.29) is 19.1 Å². The SMILES string of the molecule is COc1ccc([C@@H]2OC[C@H]3O[C@@H](OCc4ccccc4)[C@H](NC(C)=O)[C@@H](O)[C@@H]3O2)cc1. The summed E-state index contributed by atoms with van der Waals surface area (Å²) in [7, 11) is 1.60. The molecule has 1 amide bonds. The van der Waals surface area contributed by atoms with Crippen molar-refractivity contribution < 1.29 is 33.6 Å². The van der Waals surface area contributed by atoms with Crippen molar-refractivity contribution in [2.24, 2.45) is 0 Å². The van der Waals surface area contributed by atoms with Gasteiger partial charge in [-0.15, -0.1) is 0 Å². The van der Waals surface area contributed by atoms with Gasteiger partial charge in [0.2, 0.25) is 5.91 Å². The summed E-state index contributed by atoms with van der Waals surface area (Å²) in [6.07, 6.45) is -3.76. The summed E-state index contributed by atoms with van der Waals surface area (Å²) in [4.78, 5) is 11.8. The molecule has 2 N–H and O–H groups in total. The summed E-state index contributed by atoms with van der Waals surface area (Å²) >= 11 is 0. The standard InChI is InChI=1S/C23H27NO7/c1-14(25)24-19-20(26)21-18(30-23(19)28-12-15-6-4-3-5-7-15)13-29-22(31-21)16-8-10-17(27-2)11-9-16/h3-11,18-23,26H,12-13H2,1-2H3,(H,24,25)/t18-,19-,20-,21-,22-,23-/m1/s1. The number of methoxy groups -OCH3 is 1. The van der Waals surface area contributed by atoms with Crippen LogP contribution in [0.15, 0.2) is 54.6 Å². The lowest BCUT2D eigenvalue weighted by Gasteiger charge is -2.47. The van der Waals surface area contributed by atoms with E-state index >= 15 is 0 Å². The number of aliphatic hydroxyl groups excluding tert-OH is 1. The van der Waals surface area contributed by atoms with Crippen LogP contribution in [0.25, 0.3) is 0 Å². The van der Waals surface area contributed by atoms with Gasteiger partial charge in [0.25, 0.3) is 0 Å². The van der Waals surface area contributed by atoms with Crippen molar-refractivity contribution in [2.45, 2.75) is 50.5 Å². The van der Waals surface area contributed by atoms with Gasteiger partial charge in [-0.3, -0.25) is 4.79 Å². The molecule has 4 rings (SSSR count). The van der Waals surface area contributed by atoms with E-state index in [1.807, 2.05) is 54.6 Å². The Hall–Kier alpha value is -2.49. The molecule has 2 saturated heterocycles. The van der Waals surface area contributed by atoms with Gasteiger partial charge in [-0.2, -0.15) is 0 Å². The largest absolute Gasteiger partial charge is 0.497 e. The summed E-state index contributed by atoms with van der Waals surface area (Å²) in [5.74, 6) is 0.431. The van der Waals surface area contributed by atoms with Crippen LogP contribution in [0.1, 0.15) is 24.3 Å². The van der Waals surface area contributed by atoms with Gasteiger partial charge in [-0.1, -0.05) is 42.5 Å². The molecule has 0 bridgehead atoms. The lowest BCUT2D eigenvalue weighted by atomic mass is 9.95. The number of carbonyl (C=O) groups is 1. The highest BCUT2D eigenvalue weighted by atomic mass is 16.7. The highest BCUT2D eigenvalue weighted by molar-refractivity contribution is 5.73. The van der Waals surface area contributed by atoms with Crippen molar-refractivity contribution in [1.29, 1.82) is 0 Å². The van der Waals surface area contributed by atoms with Crippen molar-refractivity contribution in [3.63, 3.8) is 0 Å². The molecule has 166 valence electrons. The Bertz CT molecular complexity index is 860. The predicted octanol–water partition coefficient (Wildman–Crippen LogP) is 1.92. The van der Waals surface area contributed by atoms with Gasteiger partial charge in [0.1, 0.15) is 30.1 Å². The maximum absolute atomic E-state index is 11.8. The van der Waals surface area contributed by atoms with E-state index in [9.17, 15) is 9.90 Å². The van der Waals surface area contributed by atoms with Crippen LogP contribution < -0.4 is 10.1 Å². The minimum atomic E-state index is -1.03. The first-order chi connectivity index (χ1) is 15.0. The van der Waals surface area contributed by atoms with E-state index < -0.39 is 36.9 Å². The molecule has 0 saturated carbocycles. The van der Waals surface area contributed by atoms with Crippen molar-refractivity contribution in [3.8, 4) is 5.75 Å². The van der Waals surface area contributed by atoms with Gasteiger partial charge < -0.3 is 34.1 Å². The normalized spacial score (nSPS) is 30.3. The third kappa shape index (κ3) is 5.06. The number of hydrogen-bond acceptors (Lipinski definition) is 7. The summed E-state index contributed by atoms with van der Waals surface area (Å²) in [5.41, 5.74) is 1.75. The Labute approximate surface area is 181 Å². The number of nitrogens with one attached hydrogen (secondary N) is 1. The first kappa shape index (κ1) is 21.7. The summed E-state index contributed by atoms with van der Waals surface area (Å²) in [6, 6.07) is 16.2. The zero-order valence-corrected chi connectivity index (χ0v) is 17.5. The Balaban J connectivity index is 1.46. The number of benzene rings is 2. The van der Waals surface area contributed by atoms with E-state index in [1.165, 1.54) is 6.92 Å². The number of amides is 1. The predicted molar refractivity (Wildman–Crippen MR) is 110 cm³/mol. The highest BCUT2D eigenvalue weighted by Gasteiger charge is 2.50. The van der Waals surface area contributed by atoms with Crippen LogP contribution in [0.5, 0.6) is 5.75 Å². The smallest absolute Gasteiger partial charge is 0.217 e. The average Bonchev–Trinajstić information content (AvgIpc) is 2.80. The highest BCUT2D eigenvalue weighted by Crippen LogP contribution is 2.35. The van der Waals surface area contributed by atoms with Crippen molar-refractivity contribution in [1.82, 2.24) is 5.32 Å². The molecule has 2 aliphatic heterocycles. The Morgan fingerprint density at radius 1 is 1.13 bits per heavy atom. The van der Waals surface area contributed by atoms with Crippen molar-refractivity contribution >= 4 is 5.91 Å². The van der Waals surface area contributed by atoms with Gasteiger partial charge in [0, 0.05) is 12.5 Å². The Morgan fingerprint density at radius 3 is 2.55 bits per heavy atom. The fourth-order valence-corrected chi connectivity index (χ4v) is 3.81. The fraction of sp³-hybridized carbons (Fsp3) is 0.435. The maximum atomic E-state index is 11.8. The second-order valence-corrected chi connectivity index (χ2v) is 7.60. The number of hydrogen-bond donors (Lipinski definition) is 2. The minimum Gasteiger partial charge on any atom is -0.497 e. The molecule has 2 aliphatic rings. The fourth-order valence-electron chi connectivity index (χ4n) is 3.81. The molecule has 2 aromatic carbocycles. The molecule has 2 fully saturated rings. The molecule has 6 atom stereocenters. The molecule has 0 spiro atoms. The van der Waals surface area contributed by atoms with Gasteiger partial charge in [0.15, 0.2) is 12.6 Å². The zero-order valence-electron chi connectivity index (χ0n) is 17.5. The molecular weight excluding hydrogens is 402 g/mol. The number of aliphatic hydroxyl groups is 1. The van der Waals surface area contributed by atoms with Gasteiger partial charge in [-0.25, -0.2) is 0 Å². The monoisotopic (exact) mass is 429 g/mol. The molecule has 0 aromatic heterocycles. The van der Waals surface area contributed by atoms with Crippen LogP contribution in [-0.4, -0.2) is 55.4 Å². The van der Waals surface area contributed by atoms with E-state index in [0.29, 0.717) is 0 Å². The van der Waals surface area contributed by atoms with E-state index in [2.05, 4.69) is 5.32 Å². The Morgan fingerprint density at radius 2 is 1.87 bits per heavy atom. The number of carbonyl (C=O) groups excluding carboxylic acids is 1. The second-order valence-electron chi connectivity index (χ2n) is 7.60. The van der Waals surface area contributed by atoms with Crippen LogP contribution >= 0.6 is 0 Å². The molecule has 0 unspecified atom stereocenters. The quantitative estimate of drug-likeness (QED) is 0.724. The maximum Gasteiger partial charge on any atom is 0.217 e. The van der Waals surface area contributed by atoms with E-state index in [4.69, 9.17) is 23.7 Å². The first-order valence-electron chi connectivity index (χ1n) is 10.2. The lowest BCUT2D eigenvalue weighted by molar-refractivity contribution is -0.345. The number of rotatable bonds is 6. The molecule has 31 heavy (non-hydrogen) atoms. The molecule has 8 nitrogen and oxygen atoms in total. The van der Waals surface area contributed by atoms with Crippen LogP contribution in [0, 0.1) is 0 Å². The van der Waals surface area contributed by atoms with Crippen LogP contribution in [-0.2, 0) is 30.3 Å². The summed E-state index contributed by atoms with van der Waals surface area (Å²) in [5, 5.41) is 13.8. The minimum absolute atomic E-state index is 0.219. The summed E-state index contributed by atoms with van der Waals surface area (Å²) < 4.78 is 29.0. The molecular formula is C23H27NO7. The number of ether oxygens (including phenoxy) is 5. The number of fused-ring (bicyclic) bond motifs is 1. The van der Waals surface area contributed by atoms with Crippen LogP contribution in [0.4, 0.5) is 0 Å². The van der Waals surface area contributed by atoms with Crippen molar-refractivity contribution in [2.75, 3.05) is 13.7 Å². The average molecular weight is 429 g/mol. The lowest BCUT2D eigenvalue weighted by Crippen LogP contribution is -2.66. The second kappa shape index (κ2) is 9.76.